The number of hydrogen-bond acceptors (Lipinski definition) is 6. The summed E-state index contributed by atoms with van der Waals surface area (Å²) in [7, 11) is 0. The monoisotopic (exact) mass is 524 g/mol. The van der Waals surface area contributed by atoms with E-state index in [0.29, 0.717) is 36.3 Å². The molecule has 3 aromatic carbocycles. The number of nitrogen functional groups attached to an aromatic ring is 1. The largest absolute Gasteiger partial charge is 0.506 e. The average molecular weight is 525 g/mol. The molecule has 0 radical (unpaired) electrons. The maximum atomic E-state index is 13.1. The number of carbonyl (C=O) groups is 2. The fraction of sp³-hybridized carbons (Fsp3) is 0.310. The molecule has 7 nitrogen and oxygen atoms in total. The van der Waals surface area contributed by atoms with Gasteiger partial charge in [0.1, 0.15) is 23.1 Å². The van der Waals surface area contributed by atoms with Gasteiger partial charge in [-0.2, -0.15) is 0 Å². The fourth-order valence-electron chi connectivity index (χ4n) is 3.60. The Hall–Kier alpha value is -3.71. The lowest BCUT2D eigenvalue weighted by Crippen LogP contribution is -2.44. The number of aromatic hydroxyl groups is 1. The number of anilines is 1. The molecule has 37 heavy (non-hydrogen) atoms. The minimum absolute atomic E-state index is 0.0164. The summed E-state index contributed by atoms with van der Waals surface area (Å²) in [6.45, 7) is 5.65. The van der Waals surface area contributed by atoms with Crippen LogP contribution >= 0.6 is 11.6 Å². The number of nitrogens with two attached hydrogens (primary N) is 1. The maximum Gasteiger partial charge on any atom is 0.329 e. The van der Waals surface area contributed by atoms with Crippen molar-refractivity contribution in [1.29, 1.82) is 0 Å². The highest BCUT2D eigenvalue weighted by atomic mass is 35.5. The molecule has 0 unspecified atom stereocenters. The molecule has 3 aromatic rings. The van der Waals surface area contributed by atoms with Crippen LogP contribution in [0.5, 0.6) is 11.5 Å². The molecule has 0 aromatic heterocycles. The minimum atomic E-state index is -0.826. The van der Waals surface area contributed by atoms with E-state index in [9.17, 15) is 14.7 Å². The molecule has 8 heteroatoms. The lowest BCUT2D eigenvalue weighted by Gasteiger charge is -2.25. The normalized spacial score (nSPS) is 12.0. The molecule has 0 saturated heterocycles. The zero-order valence-corrected chi connectivity index (χ0v) is 22.0. The topological polar surface area (TPSA) is 111 Å². The standard InChI is InChI=1S/C29H33ClN2O5/c1-29(2,3)37-28(35)24(13-9-19-7-5-4-6-8-19)32-27(34)21-11-12-23(31)26(18-21)36-16-15-20-10-14-25(33)22(30)17-20/h4-8,10-12,14,17-18,24,33H,9,13,15-16,31H2,1-3H3,(H,32,34)/t24-/m0/s1. The van der Waals surface area contributed by atoms with E-state index in [-0.39, 0.29) is 17.4 Å². The second kappa shape index (κ2) is 12.5. The summed E-state index contributed by atoms with van der Waals surface area (Å²) in [6.07, 6.45) is 1.51. The zero-order valence-electron chi connectivity index (χ0n) is 21.3. The van der Waals surface area contributed by atoms with Crippen molar-refractivity contribution in [3.63, 3.8) is 0 Å². The maximum absolute atomic E-state index is 13.1. The Labute approximate surface area is 222 Å². The number of carbonyl (C=O) groups excluding carboxylic acids is 2. The van der Waals surface area contributed by atoms with E-state index in [0.717, 1.165) is 11.1 Å². The van der Waals surface area contributed by atoms with E-state index in [1.165, 1.54) is 6.07 Å². The number of halogens is 1. The highest BCUT2D eigenvalue weighted by Gasteiger charge is 2.27. The number of nitrogens with one attached hydrogen (secondary N) is 1. The second-order valence-electron chi connectivity index (χ2n) is 9.72. The lowest BCUT2D eigenvalue weighted by atomic mass is 10.0. The van der Waals surface area contributed by atoms with Crippen molar-refractivity contribution in [1.82, 2.24) is 5.32 Å². The van der Waals surface area contributed by atoms with Crippen LogP contribution < -0.4 is 15.8 Å². The van der Waals surface area contributed by atoms with Crippen molar-refractivity contribution in [2.45, 2.75) is 51.7 Å². The first-order valence-electron chi connectivity index (χ1n) is 12.1. The van der Waals surface area contributed by atoms with E-state index in [4.69, 9.17) is 26.8 Å². The summed E-state index contributed by atoms with van der Waals surface area (Å²) in [6, 6.07) is 18.6. The summed E-state index contributed by atoms with van der Waals surface area (Å²) in [5.74, 6) is -0.547. The number of amides is 1. The molecule has 3 rings (SSSR count). The third-order valence-electron chi connectivity index (χ3n) is 5.50. The van der Waals surface area contributed by atoms with E-state index in [1.807, 2.05) is 30.3 Å². The van der Waals surface area contributed by atoms with E-state index < -0.39 is 23.5 Å². The molecule has 196 valence electrons. The van der Waals surface area contributed by atoms with Crippen LogP contribution in [0.1, 0.15) is 48.7 Å². The first kappa shape index (κ1) is 27.9. The summed E-state index contributed by atoms with van der Waals surface area (Å²) in [4.78, 5) is 26.0. The Kier molecular flexibility index (Phi) is 9.42. The van der Waals surface area contributed by atoms with Crippen LogP contribution in [0.2, 0.25) is 5.02 Å². The van der Waals surface area contributed by atoms with Crippen molar-refractivity contribution >= 4 is 29.2 Å². The van der Waals surface area contributed by atoms with Gasteiger partial charge in [0, 0.05) is 12.0 Å². The van der Waals surface area contributed by atoms with E-state index in [1.54, 1.807) is 51.1 Å². The molecule has 0 aliphatic rings. The summed E-state index contributed by atoms with van der Waals surface area (Å²) >= 11 is 5.96. The quantitative estimate of drug-likeness (QED) is 0.244. The molecular weight excluding hydrogens is 492 g/mol. The second-order valence-corrected chi connectivity index (χ2v) is 10.1. The van der Waals surface area contributed by atoms with E-state index in [2.05, 4.69) is 5.32 Å². The van der Waals surface area contributed by atoms with Crippen molar-refractivity contribution < 1.29 is 24.2 Å². The van der Waals surface area contributed by atoms with Crippen molar-refractivity contribution in [3.8, 4) is 11.5 Å². The molecule has 0 aliphatic carbocycles. The average Bonchev–Trinajstić information content (AvgIpc) is 2.84. The van der Waals surface area contributed by atoms with Crippen molar-refractivity contribution in [3.05, 3.63) is 88.4 Å². The summed E-state index contributed by atoms with van der Waals surface area (Å²) in [5, 5.41) is 12.6. The summed E-state index contributed by atoms with van der Waals surface area (Å²) < 4.78 is 11.4. The van der Waals surface area contributed by atoms with Gasteiger partial charge in [-0.1, -0.05) is 48.0 Å². The van der Waals surface area contributed by atoms with Gasteiger partial charge in [0.05, 0.1) is 17.3 Å². The Balaban J connectivity index is 1.68. The van der Waals surface area contributed by atoms with Gasteiger partial charge in [0.2, 0.25) is 0 Å². The Bertz CT molecular complexity index is 1220. The summed E-state index contributed by atoms with van der Waals surface area (Å²) in [5.41, 5.74) is 8.01. The molecule has 1 amide bonds. The molecule has 4 N–H and O–H groups in total. The number of ether oxygens (including phenoxy) is 2. The highest BCUT2D eigenvalue weighted by Crippen LogP contribution is 2.26. The zero-order chi connectivity index (χ0) is 27.0. The Morgan fingerprint density at radius 1 is 1.00 bits per heavy atom. The van der Waals surface area contributed by atoms with Gasteiger partial charge in [0.25, 0.3) is 5.91 Å². The predicted octanol–water partition coefficient (Wildman–Crippen LogP) is 5.32. The number of rotatable bonds is 10. The molecule has 0 bridgehead atoms. The van der Waals surface area contributed by atoms with Crippen LogP contribution in [-0.2, 0) is 22.4 Å². The van der Waals surface area contributed by atoms with Crippen LogP contribution in [0.25, 0.3) is 0 Å². The van der Waals surface area contributed by atoms with Crippen molar-refractivity contribution in [2.24, 2.45) is 0 Å². The third-order valence-corrected chi connectivity index (χ3v) is 5.80. The first-order valence-corrected chi connectivity index (χ1v) is 12.5. The van der Waals surface area contributed by atoms with Crippen LogP contribution in [0.3, 0.4) is 0 Å². The smallest absolute Gasteiger partial charge is 0.329 e. The molecular formula is C29H33ClN2O5. The number of hydrogen-bond donors (Lipinski definition) is 3. The SMILES string of the molecule is CC(C)(C)OC(=O)[C@H](CCc1ccccc1)NC(=O)c1ccc(N)c(OCCc2ccc(O)c(Cl)c2)c1. The number of phenolic OH excluding ortho intramolecular Hbond substituents is 1. The molecule has 0 fully saturated rings. The van der Waals surface area contributed by atoms with Gasteiger partial charge in [-0.3, -0.25) is 4.79 Å². The molecule has 0 saturated carbocycles. The first-order chi connectivity index (χ1) is 17.5. The van der Waals surface area contributed by atoms with Gasteiger partial charge < -0.3 is 25.6 Å². The lowest BCUT2D eigenvalue weighted by molar-refractivity contribution is -0.157. The number of benzene rings is 3. The van der Waals surface area contributed by atoms with Gasteiger partial charge in [-0.15, -0.1) is 0 Å². The molecule has 0 aliphatic heterocycles. The Morgan fingerprint density at radius 2 is 1.73 bits per heavy atom. The highest BCUT2D eigenvalue weighted by molar-refractivity contribution is 6.32. The molecule has 1 atom stereocenters. The fourth-order valence-corrected chi connectivity index (χ4v) is 3.81. The van der Waals surface area contributed by atoms with Crippen LogP contribution in [0, 0.1) is 0 Å². The van der Waals surface area contributed by atoms with Crippen LogP contribution in [-0.4, -0.2) is 35.2 Å². The number of esters is 1. The Morgan fingerprint density at radius 3 is 2.41 bits per heavy atom. The number of phenols is 1. The van der Waals surface area contributed by atoms with Gasteiger partial charge >= 0.3 is 5.97 Å². The number of aryl methyl sites for hydroxylation is 1. The van der Waals surface area contributed by atoms with Gasteiger partial charge in [-0.05, 0) is 75.1 Å². The molecule has 0 spiro atoms. The molecule has 0 heterocycles. The predicted molar refractivity (Wildman–Crippen MR) is 145 cm³/mol. The van der Waals surface area contributed by atoms with Crippen LogP contribution in [0.4, 0.5) is 5.69 Å². The van der Waals surface area contributed by atoms with Crippen LogP contribution in [0.15, 0.2) is 66.7 Å². The van der Waals surface area contributed by atoms with E-state index >= 15 is 0 Å². The minimum Gasteiger partial charge on any atom is -0.506 e. The van der Waals surface area contributed by atoms with Gasteiger partial charge in [-0.25, -0.2) is 4.79 Å². The van der Waals surface area contributed by atoms with Crippen molar-refractivity contribution in [2.75, 3.05) is 12.3 Å². The van der Waals surface area contributed by atoms with Gasteiger partial charge in [0.15, 0.2) is 0 Å². The third kappa shape index (κ3) is 8.72.